The summed E-state index contributed by atoms with van der Waals surface area (Å²) in [5, 5.41) is 0. The zero-order valence-corrected chi connectivity index (χ0v) is 13.0. The Morgan fingerprint density at radius 2 is 1.58 bits per heavy atom. The van der Waals surface area contributed by atoms with E-state index in [4.69, 9.17) is 14.5 Å². The fourth-order valence-electron chi connectivity index (χ4n) is 1.40. The molecule has 0 atom stereocenters. The Morgan fingerprint density at radius 1 is 0.895 bits per heavy atom. The average molecular weight is 274 g/mol. The lowest BCUT2D eigenvalue weighted by Crippen LogP contribution is -2.32. The van der Waals surface area contributed by atoms with Crippen LogP contribution in [-0.2, 0) is 19.3 Å². The minimum absolute atomic E-state index is 0.219. The van der Waals surface area contributed by atoms with E-state index < -0.39 is 5.41 Å². The summed E-state index contributed by atoms with van der Waals surface area (Å²) >= 11 is 0. The summed E-state index contributed by atoms with van der Waals surface area (Å²) in [7, 11) is 0. The fraction of sp³-hybridized carbons (Fsp3) is 0.933. The van der Waals surface area contributed by atoms with E-state index in [9.17, 15) is 4.79 Å². The Labute approximate surface area is 117 Å². The van der Waals surface area contributed by atoms with Crippen LogP contribution in [0.3, 0.4) is 0 Å². The molecule has 0 amide bonds. The number of carbonyl (C=O) groups excluding carboxylic acids is 1. The highest BCUT2D eigenvalue weighted by Gasteiger charge is 2.30. The summed E-state index contributed by atoms with van der Waals surface area (Å²) in [6.45, 7) is 9.16. The number of ether oxygens (including phenoxy) is 1. The van der Waals surface area contributed by atoms with Gasteiger partial charge < -0.3 is 4.74 Å². The molecule has 0 heterocycles. The van der Waals surface area contributed by atoms with E-state index in [1.54, 1.807) is 0 Å². The van der Waals surface area contributed by atoms with Crippen molar-refractivity contribution in [2.45, 2.75) is 66.2 Å². The first-order valence-corrected chi connectivity index (χ1v) is 7.46. The van der Waals surface area contributed by atoms with Crippen LogP contribution in [0.1, 0.15) is 66.2 Å². The highest BCUT2D eigenvalue weighted by Crippen LogP contribution is 2.18. The van der Waals surface area contributed by atoms with Crippen molar-refractivity contribution in [1.29, 1.82) is 0 Å². The number of rotatable bonds is 12. The van der Waals surface area contributed by atoms with Crippen LogP contribution >= 0.6 is 0 Å². The van der Waals surface area contributed by atoms with Crippen LogP contribution in [0.4, 0.5) is 0 Å². The van der Waals surface area contributed by atoms with Gasteiger partial charge in [0.15, 0.2) is 0 Å². The topological polar surface area (TPSA) is 44.8 Å². The van der Waals surface area contributed by atoms with Crippen LogP contribution in [0.2, 0.25) is 0 Å². The van der Waals surface area contributed by atoms with E-state index in [1.165, 1.54) is 12.8 Å². The van der Waals surface area contributed by atoms with E-state index in [1.807, 2.05) is 13.8 Å². The van der Waals surface area contributed by atoms with E-state index in [2.05, 4.69) is 13.8 Å². The maximum Gasteiger partial charge on any atom is 0.313 e. The second-order valence-corrected chi connectivity index (χ2v) is 5.52. The minimum Gasteiger partial charge on any atom is -0.465 e. The molecule has 19 heavy (non-hydrogen) atoms. The lowest BCUT2D eigenvalue weighted by atomic mass is 9.95. The van der Waals surface area contributed by atoms with Gasteiger partial charge in [0.1, 0.15) is 0 Å². The number of unbranched alkanes of at least 4 members (excludes halogenated alkanes) is 4. The largest absolute Gasteiger partial charge is 0.465 e. The third-order valence-corrected chi connectivity index (χ3v) is 2.87. The van der Waals surface area contributed by atoms with Gasteiger partial charge in [-0.1, -0.05) is 39.5 Å². The van der Waals surface area contributed by atoms with Crippen LogP contribution in [0.25, 0.3) is 0 Å². The molecule has 0 aromatic heterocycles. The molecule has 0 rings (SSSR count). The molecule has 0 saturated carbocycles. The first-order valence-electron chi connectivity index (χ1n) is 7.46. The maximum absolute atomic E-state index is 11.9. The maximum atomic E-state index is 11.9. The lowest BCUT2D eigenvalue weighted by Gasteiger charge is -2.21. The predicted molar refractivity (Wildman–Crippen MR) is 75.7 cm³/mol. The lowest BCUT2D eigenvalue weighted by molar-refractivity contribution is -0.307. The highest BCUT2D eigenvalue weighted by atomic mass is 17.2. The quantitative estimate of drug-likeness (QED) is 0.234. The van der Waals surface area contributed by atoms with Crippen molar-refractivity contribution in [3.63, 3.8) is 0 Å². The second-order valence-electron chi connectivity index (χ2n) is 5.52. The molecular formula is C15H30O4. The van der Waals surface area contributed by atoms with Gasteiger partial charge in [-0.3, -0.25) is 4.79 Å². The van der Waals surface area contributed by atoms with Crippen molar-refractivity contribution in [2.24, 2.45) is 5.41 Å². The molecule has 0 aliphatic rings. The second kappa shape index (κ2) is 11.2. The molecule has 0 aromatic carbocycles. The van der Waals surface area contributed by atoms with Gasteiger partial charge in [0, 0.05) is 0 Å². The van der Waals surface area contributed by atoms with Gasteiger partial charge in [-0.25, -0.2) is 9.78 Å². The highest BCUT2D eigenvalue weighted by molar-refractivity contribution is 5.76. The van der Waals surface area contributed by atoms with Crippen LogP contribution < -0.4 is 0 Å². The number of hydrogen-bond acceptors (Lipinski definition) is 4. The average Bonchev–Trinajstić information content (AvgIpc) is 2.38. The van der Waals surface area contributed by atoms with E-state index in [0.29, 0.717) is 13.2 Å². The Hall–Kier alpha value is -0.610. The summed E-state index contributed by atoms with van der Waals surface area (Å²) in [5.41, 5.74) is -0.656. The summed E-state index contributed by atoms with van der Waals surface area (Å²) in [6.07, 6.45) is 6.44. The first kappa shape index (κ1) is 18.4. The van der Waals surface area contributed by atoms with Crippen molar-refractivity contribution in [1.82, 2.24) is 0 Å². The molecule has 0 saturated heterocycles. The predicted octanol–water partition coefficient (Wildman–Crippen LogP) is 3.88. The molecule has 0 fully saturated rings. The minimum atomic E-state index is -0.656. The molecule has 0 spiro atoms. The number of esters is 1. The van der Waals surface area contributed by atoms with E-state index >= 15 is 0 Å². The summed E-state index contributed by atoms with van der Waals surface area (Å²) in [4.78, 5) is 21.9. The van der Waals surface area contributed by atoms with Crippen molar-refractivity contribution >= 4 is 5.97 Å². The molecule has 0 aliphatic heterocycles. The number of hydrogen-bond donors (Lipinski definition) is 0. The molecule has 0 bridgehead atoms. The normalized spacial score (nSPS) is 11.6. The van der Waals surface area contributed by atoms with Gasteiger partial charge in [0.2, 0.25) is 0 Å². The van der Waals surface area contributed by atoms with E-state index in [-0.39, 0.29) is 12.6 Å². The van der Waals surface area contributed by atoms with Crippen LogP contribution in [-0.4, -0.2) is 25.8 Å². The van der Waals surface area contributed by atoms with Gasteiger partial charge in [-0.05, 0) is 26.7 Å². The Balaban J connectivity index is 3.68. The molecule has 0 unspecified atom stereocenters. The third-order valence-electron chi connectivity index (χ3n) is 2.87. The summed E-state index contributed by atoms with van der Waals surface area (Å²) < 4.78 is 5.26. The SMILES string of the molecule is CCCCCCOC(=O)C(C)(C)COOCCCC. The van der Waals surface area contributed by atoms with E-state index in [0.717, 1.165) is 25.7 Å². The van der Waals surface area contributed by atoms with Gasteiger partial charge in [-0.15, -0.1) is 0 Å². The first-order chi connectivity index (χ1) is 9.04. The monoisotopic (exact) mass is 274 g/mol. The smallest absolute Gasteiger partial charge is 0.313 e. The zero-order chi connectivity index (χ0) is 14.6. The van der Waals surface area contributed by atoms with Gasteiger partial charge in [0.25, 0.3) is 0 Å². The van der Waals surface area contributed by atoms with Gasteiger partial charge >= 0.3 is 5.97 Å². The summed E-state index contributed by atoms with van der Waals surface area (Å²) in [5.74, 6) is -0.219. The van der Waals surface area contributed by atoms with Crippen LogP contribution in [0, 0.1) is 5.41 Å². The standard InChI is InChI=1S/C15H30O4/c1-5-7-9-10-11-17-14(16)15(3,4)13-19-18-12-8-6-2/h5-13H2,1-4H3. The molecular weight excluding hydrogens is 244 g/mol. The van der Waals surface area contributed by atoms with Crippen LogP contribution in [0.15, 0.2) is 0 Å². The fourth-order valence-corrected chi connectivity index (χ4v) is 1.40. The molecule has 0 radical (unpaired) electrons. The Morgan fingerprint density at radius 3 is 2.21 bits per heavy atom. The Bertz CT molecular complexity index is 226. The van der Waals surface area contributed by atoms with Crippen molar-refractivity contribution in [3.05, 3.63) is 0 Å². The molecule has 0 N–H and O–H groups in total. The zero-order valence-electron chi connectivity index (χ0n) is 13.0. The molecule has 0 aliphatic carbocycles. The van der Waals surface area contributed by atoms with Gasteiger partial charge in [0.05, 0.1) is 25.2 Å². The third kappa shape index (κ3) is 9.91. The molecule has 114 valence electrons. The van der Waals surface area contributed by atoms with Crippen molar-refractivity contribution < 1.29 is 19.3 Å². The Kier molecular flexibility index (Phi) is 10.9. The number of carbonyl (C=O) groups is 1. The van der Waals surface area contributed by atoms with Crippen LogP contribution in [0.5, 0.6) is 0 Å². The van der Waals surface area contributed by atoms with Crippen molar-refractivity contribution in [3.8, 4) is 0 Å². The molecule has 0 aromatic rings. The molecule has 4 nitrogen and oxygen atoms in total. The van der Waals surface area contributed by atoms with Gasteiger partial charge in [-0.2, -0.15) is 0 Å². The van der Waals surface area contributed by atoms with Crippen molar-refractivity contribution in [2.75, 3.05) is 19.8 Å². The summed E-state index contributed by atoms with van der Waals surface area (Å²) in [6, 6.07) is 0. The molecule has 4 heteroatoms.